The van der Waals surface area contributed by atoms with E-state index in [1.807, 2.05) is 0 Å². The van der Waals surface area contributed by atoms with Crippen molar-refractivity contribution in [3.63, 3.8) is 0 Å². The highest BCUT2D eigenvalue weighted by molar-refractivity contribution is 5.84. The Labute approximate surface area is 266 Å². The van der Waals surface area contributed by atoms with Crippen molar-refractivity contribution in [1.82, 2.24) is 0 Å². The van der Waals surface area contributed by atoms with Gasteiger partial charge in [-0.15, -0.1) is 0 Å². The van der Waals surface area contributed by atoms with Gasteiger partial charge in [-0.3, -0.25) is 0 Å². The third-order valence-corrected chi connectivity index (χ3v) is 9.50. The molecule has 8 rings (SSSR count). The molecule has 0 nitrogen and oxygen atoms in total. The predicted molar refractivity (Wildman–Crippen MR) is 191 cm³/mol. The third-order valence-electron chi connectivity index (χ3n) is 9.50. The molecule has 0 unspecified atom stereocenters. The van der Waals surface area contributed by atoms with Crippen molar-refractivity contribution in [2.24, 2.45) is 0 Å². The van der Waals surface area contributed by atoms with E-state index < -0.39 is 0 Å². The van der Waals surface area contributed by atoms with Gasteiger partial charge in [0.2, 0.25) is 0 Å². The number of benzene rings is 7. The second-order valence-corrected chi connectivity index (χ2v) is 12.6. The van der Waals surface area contributed by atoms with Crippen LogP contribution in [0, 0.1) is 0 Å². The van der Waals surface area contributed by atoms with E-state index in [0.29, 0.717) is 0 Å². The van der Waals surface area contributed by atoms with Gasteiger partial charge in [-0.1, -0.05) is 159 Å². The quantitative estimate of drug-likeness (QED) is 0.192. The number of fused-ring (bicyclic) bond motifs is 3. The molecule has 0 saturated carbocycles. The summed E-state index contributed by atoms with van der Waals surface area (Å²) in [5, 5.41) is 0. The molecule has 0 fully saturated rings. The maximum Gasteiger partial charge on any atom is 0.0159 e. The van der Waals surface area contributed by atoms with Crippen LogP contribution in [0.2, 0.25) is 0 Å². The molecule has 0 spiro atoms. The molecule has 1 aliphatic carbocycles. The summed E-state index contributed by atoms with van der Waals surface area (Å²) in [6, 6.07) is 62.0. The minimum Gasteiger partial charge on any atom is -0.0622 e. The van der Waals surface area contributed by atoms with Gasteiger partial charge in [-0.2, -0.15) is 0 Å². The van der Waals surface area contributed by atoms with Gasteiger partial charge >= 0.3 is 0 Å². The molecular weight excluding hydrogens is 540 g/mol. The Morgan fingerprint density at radius 1 is 0.267 bits per heavy atom. The van der Waals surface area contributed by atoms with Crippen LogP contribution in [0.25, 0.3) is 66.8 Å². The van der Waals surface area contributed by atoms with Gasteiger partial charge in [0.15, 0.2) is 0 Å². The lowest BCUT2D eigenvalue weighted by atomic mass is 9.81. The molecule has 0 radical (unpaired) electrons. The average molecular weight is 575 g/mol. The number of rotatable bonds is 5. The van der Waals surface area contributed by atoms with E-state index in [1.54, 1.807) is 0 Å². The normalized spacial score (nSPS) is 12.8. The number of hydrogen-bond acceptors (Lipinski definition) is 0. The first-order valence-corrected chi connectivity index (χ1v) is 15.8. The van der Waals surface area contributed by atoms with Gasteiger partial charge in [-0.25, -0.2) is 0 Å². The maximum absolute atomic E-state index is 2.40. The smallest absolute Gasteiger partial charge is 0.0159 e. The van der Waals surface area contributed by atoms with Crippen molar-refractivity contribution in [3.05, 3.63) is 181 Å². The molecule has 0 heteroatoms. The maximum atomic E-state index is 2.40. The fourth-order valence-electron chi connectivity index (χ4n) is 7.00. The summed E-state index contributed by atoms with van der Waals surface area (Å²) in [6.45, 7) is 4.69. The summed E-state index contributed by atoms with van der Waals surface area (Å²) >= 11 is 0. The van der Waals surface area contributed by atoms with Crippen LogP contribution >= 0.6 is 0 Å². The van der Waals surface area contributed by atoms with Crippen molar-refractivity contribution in [2.75, 3.05) is 0 Å². The summed E-state index contributed by atoms with van der Waals surface area (Å²) in [5.74, 6) is 0. The molecule has 0 aliphatic heterocycles. The largest absolute Gasteiger partial charge is 0.0622 e. The molecule has 0 heterocycles. The average Bonchev–Trinajstić information content (AvgIpc) is 3.34. The minimum atomic E-state index is -0.00260. The van der Waals surface area contributed by atoms with Crippen LogP contribution in [0.15, 0.2) is 170 Å². The van der Waals surface area contributed by atoms with Crippen LogP contribution in [-0.4, -0.2) is 0 Å². The van der Waals surface area contributed by atoms with E-state index in [0.717, 1.165) is 0 Å². The van der Waals surface area contributed by atoms with Gasteiger partial charge in [0.1, 0.15) is 0 Å². The molecule has 1 aliphatic rings. The van der Waals surface area contributed by atoms with E-state index in [4.69, 9.17) is 0 Å². The lowest BCUT2D eigenvalue weighted by Crippen LogP contribution is -2.14. The Balaban J connectivity index is 1.07. The van der Waals surface area contributed by atoms with Crippen LogP contribution in [0.4, 0.5) is 0 Å². The second kappa shape index (κ2) is 10.9. The van der Waals surface area contributed by atoms with Gasteiger partial charge in [-0.05, 0) is 102 Å². The topological polar surface area (TPSA) is 0 Å². The van der Waals surface area contributed by atoms with Gasteiger partial charge in [0, 0.05) is 5.41 Å². The van der Waals surface area contributed by atoms with Crippen LogP contribution in [0.3, 0.4) is 0 Å². The zero-order valence-corrected chi connectivity index (χ0v) is 25.7. The van der Waals surface area contributed by atoms with Crippen LogP contribution < -0.4 is 0 Å². The summed E-state index contributed by atoms with van der Waals surface area (Å²) in [4.78, 5) is 0. The number of hydrogen-bond donors (Lipinski definition) is 0. The highest BCUT2D eigenvalue weighted by atomic mass is 14.4. The van der Waals surface area contributed by atoms with E-state index in [-0.39, 0.29) is 5.41 Å². The zero-order valence-electron chi connectivity index (χ0n) is 25.7. The van der Waals surface area contributed by atoms with Crippen LogP contribution in [0.1, 0.15) is 25.0 Å². The Morgan fingerprint density at radius 2 is 0.622 bits per heavy atom. The Morgan fingerprint density at radius 3 is 1.16 bits per heavy atom. The lowest BCUT2D eigenvalue weighted by Gasteiger charge is -2.22. The summed E-state index contributed by atoms with van der Waals surface area (Å²) in [5.41, 5.74) is 17.9. The molecule has 45 heavy (non-hydrogen) atoms. The molecule has 0 bridgehead atoms. The van der Waals surface area contributed by atoms with E-state index in [9.17, 15) is 0 Å². The SMILES string of the molecule is CC1(C)c2ccccc2-c2ccc(-c3cccc(-c4ccc(-c5cccc(-c6cccc(-c7ccccc7)c6)c5)cc4)c3)cc21. The molecule has 0 N–H and O–H groups in total. The standard InChI is InChI=1S/C45H34/c1-45(2)43-20-7-6-19-41(43)42-26-25-40(30-44(42)45)39-18-10-15-36(29-39)33-23-21-32(22-24-33)35-14-9-17-38(28-35)37-16-8-13-34(27-37)31-11-4-3-5-12-31/h3-30H,1-2H3. The van der Waals surface area contributed by atoms with Crippen molar-refractivity contribution >= 4 is 0 Å². The Bertz CT molecular complexity index is 2160. The lowest BCUT2D eigenvalue weighted by molar-refractivity contribution is 0.660. The molecule has 0 atom stereocenters. The predicted octanol–water partition coefficient (Wildman–Crippen LogP) is 12.3. The van der Waals surface area contributed by atoms with Gasteiger partial charge in [0.25, 0.3) is 0 Å². The Kier molecular flexibility index (Phi) is 6.58. The fourth-order valence-corrected chi connectivity index (χ4v) is 7.00. The van der Waals surface area contributed by atoms with Crippen LogP contribution in [-0.2, 0) is 5.41 Å². The van der Waals surface area contributed by atoms with Gasteiger partial charge < -0.3 is 0 Å². The second-order valence-electron chi connectivity index (χ2n) is 12.6. The highest BCUT2D eigenvalue weighted by Crippen LogP contribution is 2.49. The van der Waals surface area contributed by atoms with Crippen molar-refractivity contribution in [1.29, 1.82) is 0 Å². The zero-order chi connectivity index (χ0) is 30.4. The first-order valence-electron chi connectivity index (χ1n) is 15.8. The summed E-state index contributed by atoms with van der Waals surface area (Å²) < 4.78 is 0. The minimum absolute atomic E-state index is 0.00260. The molecule has 0 saturated heterocycles. The van der Waals surface area contributed by atoms with E-state index >= 15 is 0 Å². The summed E-state index contributed by atoms with van der Waals surface area (Å²) in [6.07, 6.45) is 0. The summed E-state index contributed by atoms with van der Waals surface area (Å²) in [7, 11) is 0. The van der Waals surface area contributed by atoms with Gasteiger partial charge in [0.05, 0.1) is 0 Å². The van der Waals surface area contributed by atoms with Crippen LogP contribution in [0.5, 0.6) is 0 Å². The monoisotopic (exact) mass is 574 g/mol. The molecule has 214 valence electrons. The molecular formula is C45H34. The molecule has 0 aromatic heterocycles. The van der Waals surface area contributed by atoms with Crippen molar-refractivity contribution in [3.8, 4) is 66.8 Å². The first-order chi connectivity index (χ1) is 22.0. The fraction of sp³-hybridized carbons (Fsp3) is 0.0667. The van der Waals surface area contributed by atoms with Crippen molar-refractivity contribution < 1.29 is 0 Å². The van der Waals surface area contributed by atoms with E-state index in [2.05, 4.69) is 184 Å². The Hall–Kier alpha value is -5.46. The molecule has 0 amide bonds. The third kappa shape index (κ3) is 4.89. The van der Waals surface area contributed by atoms with Crippen molar-refractivity contribution in [2.45, 2.75) is 19.3 Å². The first kappa shape index (κ1) is 27.1. The highest BCUT2D eigenvalue weighted by Gasteiger charge is 2.35. The molecule has 7 aromatic carbocycles. The molecule has 7 aromatic rings. The van der Waals surface area contributed by atoms with E-state index in [1.165, 1.54) is 77.9 Å².